The Bertz CT molecular complexity index is 1300. The zero-order valence-electron chi connectivity index (χ0n) is 19.0. The molecule has 0 aliphatic rings. The van der Waals surface area contributed by atoms with Gasteiger partial charge in [-0.3, -0.25) is 9.48 Å². The van der Waals surface area contributed by atoms with E-state index >= 15 is 0 Å². The summed E-state index contributed by atoms with van der Waals surface area (Å²) in [5, 5.41) is 8.60. The van der Waals surface area contributed by atoms with Crippen LogP contribution in [0.25, 0.3) is 0 Å². The summed E-state index contributed by atoms with van der Waals surface area (Å²) in [5.74, 6) is 0.416. The molecule has 0 saturated heterocycles. The van der Waals surface area contributed by atoms with Crippen LogP contribution in [0.5, 0.6) is 5.75 Å². The predicted octanol–water partition coefficient (Wildman–Crippen LogP) is 5.65. The molecule has 1 aromatic heterocycles. The third kappa shape index (κ3) is 6.20. The number of para-hydroxylation sites is 1. The summed E-state index contributed by atoms with van der Waals surface area (Å²) >= 11 is 3.43. The first-order chi connectivity index (χ1) is 16.5. The molecule has 0 aliphatic heterocycles. The lowest BCUT2D eigenvalue weighted by molar-refractivity contribution is 0.0955. The zero-order chi connectivity index (χ0) is 23.9. The van der Waals surface area contributed by atoms with E-state index in [-0.39, 0.29) is 5.91 Å². The third-order valence-corrected chi connectivity index (χ3v) is 5.78. The number of ether oxygens (including phenoxy) is 1. The second kappa shape index (κ2) is 10.9. The molecule has 3 aromatic carbocycles. The van der Waals surface area contributed by atoms with Gasteiger partial charge in [-0.1, -0.05) is 52.3 Å². The molecule has 0 aliphatic carbocycles. The van der Waals surface area contributed by atoms with Crippen molar-refractivity contribution in [2.75, 3.05) is 0 Å². The maximum absolute atomic E-state index is 12.5. The number of nitrogens with zero attached hydrogens (tertiary/aromatic N) is 3. The molecule has 0 atom stereocenters. The summed E-state index contributed by atoms with van der Waals surface area (Å²) < 4.78 is 8.93. The normalized spacial score (nSPS) is 11.0. The van der Waals surface area contributed by atoms with Crippen LogP contribution in [0, 0.1) is 13.8 Å². The molecule has 0 saturated carbocycles. The Morgan fingerprint density at radius 2 is 1.74 bits per heavy atom. The van der Waals surface area contributed by atoms with Crippen molar-refractivity contribution in [2.24, 2.45) is 5.10 Å². The molecule has 0 bridgehead atoms. The SMILES string of the molecule is Cc1cc(C)n(Cc2ccc(C(=O)N/N=C\c3ccccc3OCc3ccc(Br)cc3)cc2)n1. The van der Waals surface area contributed by atoms with Crippen LogP contribution in [-0.4, -0.2) is 21.9 Å². The highest BCUT2D eigenvalue weighted by Gasteiger charge is 2.07. The second-order valence-corrected chi connectivity index (χ2v) is 8.85. The minimum absolute atomic E-state index is 0.276. The number of nitrogens with one attached hydrogen (secondary N) is 1. The number of hydrogen-bond acceptors (Lipinski definition) is 4. The van der Waals surface area contributed by atoms with Gasteiger partial charge in [0.1, 0.15) is 12.4 Å². The van der Waals surface area contributed by atoms with Gasteiger partial charge >= 0.3 is 0 Å². The van der Waals surface area contributed by atoms with Crippen LogP contribution in [-0.2, 0) is 13.2 Å². The third-order valence-electron chi connectivity index (χ3n) is 5.25. The summed E-state index contributed by atoms with van der Waals surface area (Å²) in [6, 6.07) is 25.0. The Labute approximate surface area is 207 Å². The first kappa shape index (κ1) is 23.4. The van der Waals surface area contributed by atoms with Crippen LogP contribution >= 0.6 is 15.9 Å². The van der Waals surface area contributed by atoms with Gasteiger partial charge in [0.25, 0.3) is 5.91 Å². The molecule has 4 rings (SSSR count). The largest absolute Gasteiger partial charge is 0.488 e. The van der Waals surface area contributed by atoms with Crippen molar-refractivity contribution in [1.29, 1.82) is 0 Å². The number of carbonyl (C=O) groups is 1. The monoisotopic (exact) mass is 516 g/mol. The molecule has 1 amide bonds. The van der Waals surface area contributed by atoms with Crippen molar-refractivity contribution < 1.29 is 9.53 Å². The first-order valence-electron chi connectivity index (χ1n) is 10.9. The zero-order valence-corrected chi connectivity index (χ0v) is 20.6. The standard InChI is InChI=1S/C27H25BrN4O2/c1-19-15-20(2)32(31-19)17-21-7-11-23(12-8-21)27(33)30-29-16-24-5-3-4-6-26(24)34-18-22-9-13-25(28)14-10-22/h3-16H,17-18H2,1-2H3,(H,30,33)/b29-16-. The van der Waals surface area contributed by atoms with E-state index in [1.165, 1.54) is 0 Å². The molecule has 1 heterocycles. The Morgan fingerprint density at radius 1 is 1.03 bits per heavy atom. The summed E-state index contributed by atoms with van der Waals surface area (Å²) in [6.07, 6.45) is 1.59. The number of hydrazone groups is 1. The van der Waals surface area contributed by atoms with E-state index in [2.05, 4.69) is 31.6 Å². The summed E-state index contributed by atoms with van der Waals surface area (Å²) in [6.45, 7) is 5.11. The fourth-order valence-corrected chi connectivity index (χ4v) is 3.72. The molecule has 0 unspecified atom stereocenters. The summed E-state index contributed by atoms with van der Waals surface area (Å²) in [7, 11) is 0. The van der Waals surface area contributed by atoms with Crippen molar-refractivity contribution in [3.8, 4) is 5.75 Å². The number of aromatic nitrogens is 2. The molecule has 6 nitrogen and oxygen atoms in total. The van der Waals surface area contributed by atoms with Crippen LogP contribution in [0.2, 0.25) is 0 Å². The molecule has 0 radical (unpaired) electrons. The molecular formula is C27H25BrN4O2. The Kier molecular flexibility index (Phi) is 7.54. The van der Waals surface area contributed by atoms with Gasteiger partial charge < -0.3 is 4.74 Å². The van der Waals surface area contributed by atoms with E-state index < -0.39 is 0 Å². The molecule has 0 spiro atoms. The molecule has 172 valence electrons. The lowest BCUT2D eigenvalue weighted by atomic mass is 10.1. The Hall–Kier alpha value is -3.71. The van der Waals surface area contributed by atoms with Crippen molar-refractivity contribution >= 4 is 28.1 Å². The van der Waals surface area contributed by atoms with E-state index in [0.29, 0.717) is 24.5 Å². The maximum atomic E-state index is 12.5. The fourth-order valence-electron chi connectivity index (χ4n) is 3.45. The van der Waals surface area contributed by atoms with Gasteiger partial charge in [0, 0.05) is 21.3 Å². The number of amides is 1. The van der Waals surface area contributed by atoms with Crippen LogP contribution in [0.3, 0.4) is 0 Å². The lowest BCUT2D eigenvalue weighted by Crippen LogP contribution is -2.17. The number of halogens is 1. The van der Waals surface area contributed by atoms with E-state index in [1.807, 2.05) is 85.3 Å². The minimum atomic E-state index is -0.276. The number of hydrogen-bond donors (Lipinski definition) is 1. The van der Waals surface area contributed by atoms with Crippen molar-refractivity contribution in [3.63, 3.8) is 0 Å². The predicted molar refractivity (Wildman–Crippen MR) is 137 cm³/mol. The highest BCUT2D eigenvalue weighted by molar-refractivity contribution is 9.10. The van der Waals surface area contributed by atoms with E-state index in [4.69, 9.17) is 4.74 Å². The molecule has 7 heteroatoms. The van der Waals surface area contributed by atoms with Crippen molar-refractivity contribution in [3.05, 3.63) is 117 Å². The van der Waals surface area contributed by atoms with Gasteiger partial charge in [0.15, 0.2) is 0 Å². The molecular weight excluding hydrogens is 492 g/mol. The van der Waals surface area contributed by atoms with E-state index in [0.717, 1.165) is 32.6 Å². The van der Waals surface area contributed by atoms with Gasteiger partial charge in [0.2, 0.25) is 0 Å². The van der Waals surface area contributed by atoms with E-state index in [9.17, 15) is 4.79 Å². The van der Waals surface area contributed by atoms with Gasteiger partial charge in [-0.2, -0.15) is 10.2 Å². The van der Waals surface area contributed by atoms with Gasteiger partial charge in [0.05, 0.1) is 18.5 Å². The second-order valence-electron chi connectivity index (χ2n) is 7.93. The average Bonchev–Trinajstić information content (AvgIpc) is 3.16. The number of benzene rings is 3. The first-order valence-corrected chi connectivity index (χ1v) is 11.7. The van der Waals surface area contributed by atoms with Crippen LogP contribution in [0.4, 0.5) is 0 Å². The maximum Gasteiger partial charge on any atom is 0.271 e. The minimum Gasteiger partial charge on any atom is -0.488 e. The number of aryl methyl sites for hydroxylation is 2. The molecule has 34 heavy (non-hydrogen) atoms. The molecule has 4 aromatic rings. The van der Waals surface area contributed by atoms with Crippen LogP contribution in [0.1, 0.15) is 38.4 Å². The van der Waals surface area contributed by atoms with Gasteiger partial charge in [-0.15, -0.1) is 0 Å². The molecule has 0 fully saturated rings. The van der Waals surface area contributed by atoms with E-state index in [1.54, 1.807) is 18.3 Å². The highest BCUT2D eigenvalue weighted by atomic mass is 79.9. The van der Waals surface area contributed by atoms with Crippen molar-refractivity contribution in [1.82, 2.24) is 15.2 Å². The highest BCUT2D eigenvalue weighted by Crippen LogP contribution is 2.18. The topological polar surface area (TPSA) is 68.5 Å². The van der Waals surface area contributed by atoms with Gasteiger partial charge in [-0.25, -0.2) is 5.43 Å². The smallest absolute Gasteiger partial charge is 0.271 e. The quantitative estimate of drug-likeness (QED) is 0.243. The Balaban J connectivity index is 1.34. The lowest BCUT2D eigenvalue weighted by Gasteiger charge is -2.09. The number of rotatable bonds is 8. The number of carbonyl (C=O) groups excluding carboxylic acids is 1. The van der Waals surface area contributed by atoms with Crippen LogP contribution in [0.15, 0.2) is 88.4 Å². The van der Waals surface area contributed by atoms with Crippen LogP contribution < -0.4 is 10.2 Å². The average molecular weight is 517 g/mol. The van der Waals surface area contributed by atoms with Crippen molar-refractivity contribution in [2.45, 2.75) is 27.0 Å². The summed E-state index contributed by atoms with van der Waals surface area (Å²) in [4.78, 5) is 12.5. The fraction of sp³-hybridized carbons (Fsp3) is 0.148. The summed E-state index contributed by atoms with van der Waals surface area (Å²) in [5.41, 5.74) is 8.13. The molecule has 1 N–H and O–H groups in total. The van der Waals surface area contributed by atoms with Gasteiger partial charge in [-0.05, 0) is 67.4 Å². The Morgan fingerprint density at radius 3 is 2.44 bits per heavy atom.